The Hall–Kier alpha value is -0.420. The van der Waals surface area contributed by atoms with E-state index in [4.69, 9.17) is 11.5 Å². The van der Waals surface area contributed by atoms with E-state index in [2.05, 4.69) is 37.5 Å². The van der Waals surface area contributed by atoms with E-state index in [0.717, 1.165) is 36.8 Å². The van der Waals surface area contributed by atoms with Gasteiger partial charge in [0.1, 0.15) is 0 Å². The molecule has 0 unspecified atom stereocenters. The van der Waals surface area contributed by atoms with E-state index in [1.165, 1.54) is 154 Å². The van der Waals surface area contributed by atoms with Gasteiger partial charge in [0.05, 0.1) is 0 Å². The Balaban J connectivity index is 1.19. The minimum atomic E-state index is 0.470. The first-order valence-corrected chi connectivity index (χ1v) is 19.5. The van der Waals surface area contributed by atoms with Gasteiger partial charge in [-0.3, -0.25) is 0 Å². The second-order valence-corrected chi connectivity index (χ2v) is 16.1. The molecule has 0 radical (unpaired) electrons. The van der Waals surface area contributed by atoms with Crippen LogP contribution in [0.2, 0.25) is 0 Å². The summed E-state index contributed by atoms with van der Waals surface area (Å²) in [5, 5.41) is 7.98. The van der Waals surface area contributed by atoms with Crippen LogP contribution in [0.5, 0.6) is 0 Å². The largest absolute Gasteiger partial charge is 0.330 e. The van der Waals surface area contributed by atoms with Crippen LogP contribution in [0.25, 0.3) is 0 Å². The number of unbranched alkanes of at least 4 members (excludes halogenated alkanes) is 12. The number of fused-ring (bicyclic) bond motifs is 5. The zero-order valence-corrected chi connectivity index (χ0v) is 29.1. The van der Waals surface area contributed by atoms with Crippen LogP contribution in [0.15, 0.2) is 11.6 Å². The molecule has 0 aliphatic heterocycles. The number of hydrogen-bond acceptors (Lipinski definition) is 4. The fourth-order valence-corrected chi connectivity index (χ4v) is 10.8. The highest BCUT2D eigenvalue weighted by atomic mass is 14.9. The molecule has 4 rings (SSSR count). The molecule has 8 atom stereocenters. The van der Waals surface area contributed by atoms with Crippen molar-refractivity contribution in [1.29, 1.82) is 0 Å². The van der Waals surface area contributed by atoms with Crippen LogP contribution in [-0.4, -0.2) is 38.3 Å². The van der Waals surface area contributed by atoms with Crippen LogP contribution >= 0.6 is 0 Å². The van der Waals surface area contributed by atoms with Crippen molar-refractivity contribution in [2.24, 2.45) is 46.0 Å². The summed E-state index contributed by atoms with van der Waals surface area (Å²) in [5.74, 6) is 3.72. The number of nitrogens with one attached hydrogen (secondary N) is 2. The van der Waals surface area contributed by atoms with Crippen LogP contribution in [0.1, 0.15) is 162 Å². The van der Waals surface area contributed by atoms with Crippen molar-refractivity contribution in [3.63, 3.8) is 0 Å². The Morgan fingerprint density at radius 2 is 1.30 bits per heavy atom. The lowest BCUT2D eigenvalue weighted by atomic mass is 9.46. The quantitative estimate of drug-likeness (QED) is 0.0786. The third-order valence-electron chi connectivity index (χ3n) is 13.4. The summed E-state index contributed by atoms with van der Waals surface area (Å²) in [4.78, 5) is 0. The number of hydrogen-bond donors (Lipinski definition) is 4. The molecule has 0 amide bonds. The van der Waals surface area contributed by atoms with Crippen molar-refractivity contribution in [3.05, 3.63) is 11.6 Å². The summed E-state index contributed by atoms with van der Waals surface area (Å²) < 4.78 is 0. The van der Waals surface area contributed by atoms with E-state index in [1.807, 2.05) is 5.57 Å². The highest BCUT2D eigenvalue weighted by molar-refractivity contribution is 5.26. The predicted octanol–water partition coefficient (Wildman–Crippen LogP) is 8.88. The maximum absolute atomic E-state index is 5.63. The van der Waals surface area contributed by atoms with Gasteiger partial charge in [0, 0.05) is 12.1 Å². The van der Waals surface area contributed by atoms with Gasteiger partial charge in [-0.05, 0) is 145 Å². The average molecular weight is 599 g/mol. The van der Waals surface area contributed by atoms with Crippen molar-refractivity contribution in [2.45, 2.75) is 174 Å². The Kier molecular flexibility index (Phi) is 14.9. The SMILES string of the molecule is C[C@@H](NCCCCCCCCCN)[C@H]1CC[C@H]2[C@@H]3CCC4=C[C@@H](NCCCCCCCCCN)CC[C@]4(C)[C@H]3CC[C@]12C. The summed E-state index contributed by atoms with van der Waals surface area (Å²) in [6, 6.07) is 1.29. The van der Waals surface area contributed by atoms with Crippen LogP contribution in [-0.2, 0) is 0 Å². The monoisotopic (exact) mass is 599 g/mol. The molecule has 43 heavy (non-hydrogen) atoms. The van der Waals surface area contributed by atoms with Gasteiger partial charge in [0.15, 0.2) is 0 Å². The average Bonchev–Trinajstić information content (AvgIpc) is 3.36. The van der Waals surface area contributed by atoms with E-state index in [1.54, 1.807) is 0 Å². The van der Waals surface area contributed by atoms with Gasteiger partial charge in [-0.25, -0.2) is 0 Å². The molecule has 6 N–H and O–H groups in total. The lowest BCUT2D eigenvalue weighted by molar-refractivity contribution is -0.0560. The molecule has 3 fully saturated rings. The van der Waals surface area contributed by atoms with Gasteiger partial charge in [-0.2, -0.15) is 0 Å². The summed E-state index contributed by atoms with van der Waals surface area (Å²) in [6.45, 7) is 12.1. The van der Waals surface area contributed by atoms with E-state index in [0.29, 0.717) is 22.9 Å². The molecule has 4 aliphatic carbocycles. The molecule has 0 aromatic rings. The number of nitrogens with two attached hydrogens (primary N) is 2. The molecule has 0 aromatic carbocycles. The zero-order chi connectivity index (χ0) is 30.5. The molecule has 4 heteroatoms. The van der Waals surface area contributed by atoms with Crippen LogP contribution < -0.4 is 22.1 Å². The van der Waals surface area contributed by atoms with Crippen LogP contribution in [0.4, 0.5) is 0 Å². The maximum Gasteiger partial charge on any atom is 0.0253 e. The Bertz CT molecular complexity index is 811. The lowest BCUT2D eigenvalue weighted by Crippen LogP contribution is -2.53. The highest BCUT2D eigenvalue weighted by Gasteiger charge is 2.59. The Morgan fingerprint density at radius 3 is 1.95 bits per heavy atom. The van der Waals surface area contributed by atoms with Gasteiger partial charge in [0.2, 0.25) is 0 Å². The fourth-order valence-electron chi connectivity index (χ4n) is 10.8. The van der Waals surface area contributed by atoms with E-state index in [-0.39, 0.29) is 0 Å². The smallest absolute Gasteiger partial charge is 0.0253 e. The summed E-state index contributed by atoms with van der Waals surface area (Å²) in [6.07, 6.45) is 33.0. The summed E-state index contributed by atoms with van der Waals surface area (Å²) in [7, 11) is 0. The third kappa shape index (κ3) is 9.32. The van der Waals surface area contributed by atoms with Gasteiger partial charge in [0.25, 0.3) is 0 Å². The second-order valence-electron chi connectivity index (χ2n) is 16.1. The first-order valence-electron chi connectivity index (χ1n) is 19.5. The second kappa shape index (κ2) is 18.1. The van der Waals surface area contributed by atoms with Crippen molar-refractivity contribution in [2.75, 3.05) is 26.2 Å². The minimum Gasteiger partial charge on any atom is -0.330 e. The first-order chi connectivity index (χ1) is 20.9. The van der Waals surface area contributed by atoms with Crippen molar-refractivity contribution >= 4 is 0 Å². The summed E-state index contributed by atoms with van der Waals surface area (Å²) in [5.41, 5.74) is 14.1. The Labute approximate surface area is 268 Å². The molecule has 4 aliphatic rings. The van der Waals surface area contributed by atoms with E-state index >= 15 is 0 Å². The molecular weight excluding hydrogens is 524 g/mol. The molecule has 4 nitrogen and oxygen atoms in total. The van der Waals surface area contributed by atoms with E-state index < -0.39 is 0 Å². The minimum absolute atomic E-state index is 0.470. The van der Waals surface area contributed by atoms with Gasteiger partial charge >= 0.3 is 0 Å². The molecule has 0 aromatic heterocycles. The maximum atomic E-state index is 5.63. The lowest BCUT2D eigenvalue weighted by Gasteiger charge is -2.59. The van der Waals surface area contributed by atoms with Crippen LogP contribution in [0, 0.1) is 34.5 Å². The molecular formula is C39H74N4. The highest BCUT2D eigenvalue weighted by Crippen LogP contribution is 2.67. The molecule has 0 bridgehead atoms. The van der Waals surface area contributed by atoms with Crippen molar-refractivity contribution < 1.29 is 0 Å². The predicted molar refractivity (Wildman–Crippen MR) is 187 cm³/mol. The zero-order valence-electron chi connectivity index (χ0n) is 29.1. The molecule has 0 saturated heterocycles. The summed E-state index contributed by atoms with van der Waals surface area (Å²) >= 11 is 0. The fraction of sp³-hybridized carbons (Fsp3) is 0.949. The molecule has 3 saturated carbocycles. The van der Waals surface area contributed by atoms with Crippen molar-refractivity contribution in [1.82, 2.24) is 10.6 Å². The number of rotatable bonds is 21. The standard InChI is InChI=1S/C39H74N4/c1-31(42-28-16-12-8-4-6-10-14-26-40)35-20-21-36-34-19-18-32-30-33(43-29-17-13-9-5-7-11-15-27-41)22-24-38(32,2)37(34)23-25-39(35,36)3/h30-31,33-37,42-43H,4-29,40-41H2,1-3H3/t31-,33+,34+,35-,36+,37+,38+,39-/m1/s1. The molecule has 0 spiro atoms. The molecule has 250 valence electrons. The van der Waals surface area contributed by atoms with Gasteiger partial charge in [-0.15, -0.1) is 0 Å². The molecule has 0 heterocycles. The first kappa shape index (κ1) is 35.4. The van der Waals surface area contributed by atoms with Gasteiger partial charge < -0.3 is 22.1 Å². The van der Waals surface area contributed by atoms with Crippen molar-refractivity contribution in [3.8, 4) is 0 Å². The third-order valence-corrected chi connectivity index (χ3v) is 13.4. The van der Waals surface area contributed by atoms with E-state index in [9.17, 15) is 0 Å². The van der Waals surface area contributed by atoms with Crippen LogP contribution in [0.3, 0.4) is 0 Å². The topological polar surface area (TPSA) is 76.1 Å². The number of allylic oxidation sites excluding steroid dienone is 1. The normalized spacial score (nSPS) is 34.3. The van der Waals surface area contributed by atoms with Gasteiger partial charge in [-0.1, -0.05) is 89.7 Å². The Morgan fingerprint density at radius 1 is 0.698 bits per heavy atom.